The molecule has 0 spiro atoms. The summed E-state index contributed by atoms with van der Waals surface area (Å²) in [5.74, 6) is 0.219. The van der Waals surface area contributed by atoms with Crippen LogP contribution in [0.2, 0.25) is 0 Å². The molecule has 1 N–H and O–H groups in total. The molecule has 5 heteroatoms. The summed E-state index contributed by atoms with van der Waals surface area (Å²) in [5, 5.41) is 5.25. The quantitative estimate of drug-likeness (QED) is 0.832. The molecule has 1 heterocycles. The molecule has 1 rings (SSSR count). The summed E-state index contributed by atoms with van der Waals surface area (Å²) in [6, 6.07) is 0. The summed E-state index contributed by atoms with van der Waals surface area (Å²) in [7, 11) is 1.49. The molecule has 78 valence electrons. The van der Waals surface area contributed by atoms with Crippen molar-refractivity contribution < 1.29 is 9.53 Å². The third-order valence-corrected chi connectivity index (χ3v) is 2.41. The molecule has 0 aliphatic rings. The van der Waals surface area contributed by atoms with E-state index in [9.17, 15) is 4.79 Å². The second-order valence-corrected chi connectivity index (χ2v) is 4.07. The van der Waals surface area contributed by atoms with E-state index in [1.165, 1.54) is 18.4 Å². The molecule has 0 fully saturated rings. The second kappa shape index (κ2) is 5.07. The molecule has 0 bridgehead atoms. The first-order chi connectivity index (χ1) is 6.63. The first kappa shape index (κ1) is 11.1. The number of aromatic nitrogens is 1. The van der Waals surface area contributed by atoms with Crippen molar-refractivity contribution in [1.29, 1.82) is 0 Å². The highest BCUT2D eigenvalue weighted by atomic mass is 32.1. The van der Waals surface area contributed by atoms with Crippen molar-refractivity contribution in [2.24, 2.45) is 0 Å². The molecular formula is C9H14N2O2S. The van der Waals surface area contributed by atoms with Gasteiger partial charge in [-0.1, -0.05) is 13.8 Å². The number of ether oxygens (including phenoxy) is 1. The fraction of sp³-hybridized carbons (Fsp3) is 0.556. The lowest BCUT2D eigenvalue weighted by atomic mass is 10.2. The SMILES string of the molecule is COCC(=O)Nc1nc(C(C)C)cs1. The van der Waals surface area contributed by atoms with Gasteiger partial charge in [-0.3, -0.25) is 10.1 Å². The summed E-state index contributed by atoms with van der Waals surface area (Å²) in [6.45, 7) is 4.20. The first-order valence-corrected chi connectivity index (χ1v) is 5.25. The molecule has 1 aromatic heterocycles. The molecule has 4 nitrogen and oxygen atoms in total. The van der Waals surface area contributed by atoms with Crippen LogP contribution in [0.4, 0.5) is 5.13 Å². The van der Waals surface area contributed by atoms with E-state index in [0.29, 0.717) is 11.0 Å². The Morgan fingerprint density at radius 1 is 1.71 bits per heavy atom. The van der Waals surface area contributed by atoms with Crippen molar-refractivity contribution in [2.45, 2.75) is 19.8 Å². The number of nitrogens with zero attached hydrogens (tertiary/aromatic N) is 1. The van der Waals surface area contributed by atoms with E-state index in [4.69, 9.17) is 4.74 Å². The Hall–Kier alpha value is -0.940. The summed E-state index contributed by atoms with van der Waals surface area (Å²) in [6.07, 6.45) is 0. The van der Waals surface area contributed by atoms with Crippen molar-refractivity contribution in [3.05, 3.63) is 11.1 Å². The Labute approximate surface area is 87.3 Å². The highest BCUT2D eigenvalue weighted by Gasteiger charge is 2.07. The monoisotopic (exact) mass is 214 g/mol. The average molecular weight is 214 g/mol. The summed E-state index contributed by atoms with van der Waals surface area (Å²) < 4.78 is 4.69. The number of thiazole rings is 1. The van der Waals surface area contributed by atoms with Gasteiger partial charge in [0.2, 0.25) is 0 Å². The molecule has 0 aliphatic carbocycles. The Kier molecular flexibility index (Phi) is 4.03. The number of hydrogen-bond donors (Lipinski definition) is 1. The van der Waals surface area contributed by atoms with E-state index < -0.39 is 0 Å². The minimum Gasteiger partial charge on any atom is -0.375 e. The Bertz CT molecular complexity index is 310. The molecule has 0 aromatic carbocycles. The van der Waals surface area contributed by atoms with Crippen molar-refractivity contribution in [3.8, 4) is 0 Å². The smallest absolute Gasteiger partial charge is 0.252 e. The Morgan fingerprint density at radius 3 is 2.93 bits per heavy atom. The summed E-state index contributed by atoms with van der Waals surface area (Å²) in [5.41, 5.74) is 1.00. The molecule has 0 unspecified atom stereocenters. The highest BCUT2D eigenvalue weighted by Crippen LogP contribution is 2.21. The van der Waals surface area contributed by atoms with Gasteiger partial charge in [0.05, 0.1) is 5.69 Å². The second-order valence-electron chi connectivity index (χ2n) is 3.21. The number of amides is 1. The number of carbonyl (C=O) groups excluding carboxylic acids is 1. The van der Waals surface area contributed by atoms with E-state index in [1.807, 2.05) is 5.38 Å². The van der Waals surface area contributed by atoms with Gasteiger partial charge in [-0.2, -0.15) is 0 Å². The zero-order chi connectivity index (χ0) is 10.6. The normalized spacial score (nSPS) is 10.6. The summed E-state index contributed by atoms with van der Waals surface area (Å²) >= 11 is 1.43. The van der Waals surface area contributed by atoms with Crippen LogP contribution < -0.4 is 5.32 Å². The molecule has 1 amide bonds. The van der Waals surface area contributed by atoms with Crippen molar-refractivity contribution in [3.63, 3.8) is 0 Å². The number of methoxy groups -OCH3 is 1. The largest absolute Gasteiger partial charge is 0.375 e. The van der Waals surface area contributed by atoms with Crippen LogP contribution in [-0.4, -0.2) is 24.6 Å². The lowest BCUT2D eigenvalue weighted by Gasteiger charge is -2.00. The van der Waals surface area contributed by atoms with Crippen LogP contribution in [0, 0.1) is 0 Å². The predicted molar refractivity (Wildman–Crippen MR) is 56.7 cm³/mol. The number of carbonyl (C=O) groups is 1. The van der Waals surface area contributed by atoms with E-state index in [-0.39, 0.29) is 12.5 Å². The maximum atomic E-state index is 11.1. The van der Waals surface area contributed by atoms with Gasteiger partial charge >= 0.3 is 0 Å². The third-order valence-electron chi connectivity index (χ3n) is 1.64. The van der Waals surface area contributed by atoms with Crippen molar-refractivity contribution in [1.82, 2.24) is 4.98 Å². The van der Waals surface area contributed by atoms with Crippen LogP contribution in [0.5, 0.6) is 0 Å². The van der Waals surface area contributed by atoms with Gasteiger partial charge in [0.15, 0.2) is 5.13 Å². The van der Waals surface area contributed by atoms with Crippen LogP contribution in [0.25, 0.3) is 0 Å². The maximum Gasteiger partial charge on any atom is 0.252 e. The van der Waals surface area contributed by atoms with Gasteiger partial charge in [-0.15, -0.1) is 11.3 Å². The topological polar surface area (TPSA) is 51.2 Å². The molecular weight excluding hydrogens is 200 g/mol. The van der Waals surface area contributed by atoms with Crippen molar-refractivity contribution >= 4 is 22.4 Å². The standard InChI is InChI=1S/C9H14N2O2S/c1-6(2)7-5-14-9(10-7)11-8(12)4-13-3/h5-6H,4H2,1-3H3,(H,10,11,12). The zero-order valence-corrected chi connectivity index (χ0v) is 9.35. The number of hydrogen-bond acceptors (Lipinski definition) is 4. The fourth-order valence-electron chi connectivity index (χ4n) is 0.895. The number of nitrogens with one attached hydrogen (secondary N) is 1. The fourth-order valence-corrected chi connectivity index (χ4v) is 1.78. The molecule has 14 heavy (non-hydrogen) atoms. The van der Waals surface area contributed by atoms with Crippen LogP contribution >= 0.6 is 11.3 Å². The van der Waals surface area contributed by atoms with Crippen LogP contribution in [0.15, 0.2) is 5.38 Å². The first-order valence-electron chi connectivity index (χ1n) is 4.37. The van der Waals surface area contributed by atoms with Crippen LogP contribution in [0.1, 0.15) is 25.5 Å². The number of anilines is 1. The van der Waals surface area contributed by atoms with Gasteiger partial charge in [0.25, 0.3) is 5.91 Å². The molecule has 0 saturated carbocycles. The Morgan fingerprint density at radius 2 is 2.43 bits per heavy atom. The Balaban J connectivity index is 2.55. The highest BCUT2D eigenvalue weighted by molar-refractivity contribution is 7.13. The van der Waals surface area contributed by atoms with Gasteiger partial charge in [0.1, 0.15) is 6.61 Å². The van der Waals surface area contributed by atoms with Crippen molar-refractivity contribution in [2.75, 3.05) is 19.0 Å². The third kappa shape index (κ3) is 3.08. The lowest BCUT2D eigenvalue weighted by molar-refractivity contribution is -0.119. The van der Waals surface area contributed by atoms with E-state index in [2.05, 4.69) is 24.1 Å². The van der Waals surface area contributed by atoms with E-state index >= 15 is 0 Å². The molecule has 0 atom stereocenters. The molecule has 0 aliphatic heterocycles. The van der Waals surface area contributed by atoms with E-state index in [0.717, 1.165) is 5.69 Å². The predicted octanol–water partition coefficient (Wildman–Crippen LogP) is 1.85. The molecule has 0 radical (unpaired) electrons. The van der Waals surface area contributed by atoms with Gasteiger partial charge < -0.3 is 4.74 Å². The minimum absolute atomic E-state index is 0.0661. The van der Waals surface area contributed by atoms with Gasteiger partial charge in [-0.05, 0) is 5.92 Å². The van der Waals surface area contributed by atoms with Crippen LogP contribution in [-0.2, 0) is 9.53 Å². The van der Waals surface area contributed by atoms with Gasteiger partial charge in [-0.25, -0.2) is 4.98 Å². The summed E-state index contributed by atoms with van der Waals surface area (Å²) in [4.78, 5) is 15.4. The maximum absolute atomic E-state index is 11.1. The van der Waals surface area contributed by atoms with E-state index in [1.54, 1.807) is 0 Å². The zero-order valence-electron chi connectivity index (χ0n) is 8.53. The molecule has 0 saturated heterocycles. The lowest BCUT2D eigenvalue weighted by Crippen LogP contribution is -2.16. The number of rotatable bonds is 4. The minimum atomic E-state index is -0.169. The average Bonchev–Trinajstić information content (AvgIpc) is 2.53. The van der Waals surface area contributed by atoms with Gasteiger partial charge in [0, 0.05) is 12.5 Å². The van der Waals surface area contributed by atoms with Crippen LogP contribution in [0.3, 0.4) is 0 Å². The molecule has 1 aromatic rings.